The van der Waals surface area contributed by atoms with E-state index in [0.29, 0.717) is 31.7 Å². The summed E-state index contributed by atoms with van der Waals surface area (Å²) in [4.78, 5) is 53.7. The van der Waals surface area contributed by atoms with Crippen LogP contribution in [0.2, 0.25) is 0 Å². The summed E-state index contributed by atoms with van der Waals surface area (Å²) in [7, 11) is 0.240. The summed E-state index contributed by atoms with van der Waals surface area (Å²) in [5.41, 5.74) is 4.53. The molecular weight excluding hydrogens is 867 g/mol. The Balaban J connectivity index is 0. The standard InChI is InChI=1S/C27H31N3O5.C14H22N2O3S.C4H10.C2H6.3C2H2/c1-27(2,3)35-26(32)28-16-25(31)30-13-12-20(17-30)34-24-15-22(18-8-6-5-7-9-18)29-23-14-19(33-4)10-11-21(23)24;1-3-7-11(2)13(15-10-17)14(18)16-20(19)12-8-5-4-6-9-12;1-4(2)3;4*1-2/h5-11,14-15,20H,12-13,16-17H2,1-4H3,(H,28,32);7,10-13H,1,4-6,8-9H2,2H3,(H,15,17)(H,16,18);4H,1-3H3;1-2H3;3*1-2H/t20-;;;;;;/m1....../s1. The molecule has 2 heterocycles. The van der Waals surface area contributed by atoms with Gasteiger partial charge in [0.05, 0.1) is 30.1 Å². The minimum absolute atomic E-state index is 0.0230. The molecule has 13 nitrogen and oxygen atoms in total. The van der Waals surface area contributed by atoms with E-state index in [0.717, 1.165) is 65.9 Å². The monoisotopic (exact) mass is 942 g/mol. The van der Waals surface area contributed by atoms with Gasteiger partial charge in [0.25, 0.3) is 5.91 Å². The molecule has 1 saturated heterocycles. The zero-order chi connectivity index (χ0) is 51.5. The van der Waals surface area contributed by atoms with E-state index in [4.69, 9.17) is 19.2 Å². The van der Waals surface area contributed by atoms with E-state index >= 15 is 0 Å². The number of amides is 4. The lowest BCUT2D eigenvalue weighted by Gasteiger charge is -2.23. The van der Waals surface area contributed by atoms with Gasteiger partial charge >= 0.3 is 6.09 Å². The van der Waals surface area contributed by atoms with Crippen LogP contribution in [0.25, 0.3) is 22.2 Å². The molecule has 1 aliphatic carbocycles. The minimum atomic E-state index is -1.39. The van der Waals surface area contributed by atoms with Crippen molar-refractivity contribution in [2.24, 2.45) is 11.8 Å². The van der Waals surface area contributed by atoms with Crippen molar-refractivity contribution >= 4 is 46.2 Å². The first-order valence-corrected chi connectivity index (χ1v) is 23.5. The number of aromatic nitrogens is 1. The van der Waals surface area contributed by atoms with Gasteiger partial charge in [-0.3, -0.25) is 19.1 Å². The summed E-state index contributed by atoms with van der Waals surface area (Å²) in [5.74, 6) is 1.40. The molecule has 4 amide bonds. The van der Waals surface area contributed by atoms with Gasteiger partial charge in [-0.15, -0.1) is 44.3 Å². The van der Waals surface area contributed by atoms with Crippen LogP contribution in [0.1, 0.15) is 101 Å². The SMILES string of the molecule is C#C.C#C.C#C.C=C=CC(C)C(NC=O)C(=O)NS(=O)C1CCCCC1.CC.CC(C)C.COc1ccc2c(O[C@@H]3CCN(C(=O)CNC(=O)OC(C)(C)C)C3)cc(-c3ccccc3)nc2c1. The molecule has 1 aliphatic heterocycles. The van der Waals surface area contributed by atoms with Gasteiger partial charge in [-0.05, 0) is 57.7 Å². The van der Waals surface area contributed by atoms with Gasteiger partial charge in [-0.25, -0.2) is 14.0 Å². The van der Waals surface area contributed by atoms with Gasteiger partial charge in [0.1, 0.15) is 46.8 Å². The fourth-order valence-electron chi connectivity index (χ4n) is 6.31. The number of fused-ring (bicyclic) bond motifs is 1. The van der Waals surface area contributed by atoms with Crippen molar-refractivity contribution in [3.8, 4) is 61.3 Å². The maximum atomic E-state index is 12.6. The smallest absolute Gasteiger partial charge is 0.408 e. The van der Waals surface area contributed by atoms with Crippen molar-refractivity contribution in [2.45, 2.75) is 124 Å². The summed E-state index contributed by atoms with van der Waals surface area (Å²) in [6, 6.07) is 16.8. The number of terminal acetylenes is 3. The van der Waals surface area contributed by atoms with Crippen molar-refractivity contribution in [3.05, 3.63) is 73.0 Å². The molecule has 3 N–H and O–H groups in total. The number of benzene rings is 2. The minimum Gasteiger partial charge on any atom is -0.497 e. The second-order valence-electron chi connectivity index (χ2n) is 16.2. The number of carbonyl (C=O) groups is 4. The maximum absolute atomic E-state index is 12.6. The number of pyridine rings is 1. The zero-order valence-electron chi connectivity index (χ0n) is 41.3. The molecular formula is C53H75N5O8S. The number of methoxy groups -OCH3 is 1. The molecule has 4 atom stereocenters. The van der Waals surface area contributed by atoms with Crippen LogP contribution in [0.3, 0.4) is 0 Å². The first-order valence-electron chi connectivity index (χ1n) is 22.3. The number of ether oxygens (including phenoxy) is 3. The molecule has 366 valence electrons. The van der Waals surface area contributed by atoms with E-state index in [-0.39, 0.29) is 29.7 Å². The van der Waals surface area contributed by atoms with Crippen molar-refractivity contribution in [1.29, 1.82) is 0 Å². The highest BCUT2D eigenvalue weighted by Crippen LogP contribution is 2.33. The molecule has 67 heavy (non-hydrogen) atoms. The van der Waals surface area contributed by atoms with Crippen LogP contribution >= 0.6 is 0 Å². The topological polar surface area (TPSA) is 165 Å². The quantitative estimate of drug-likeness (QED) is 0.0862. The summed E-state index contributed by atoms with van der Waals surface area (Å²) in [6.45, 7) is 21.9. The first-order chi connectivity index (χ1) is 32.0. The van der Waals surface area contributed by atoms with Gasteiger partial charge in [0.15, 0.2) is 0 Å². The van der Waals surface area contributed by atoms with Crippen LogP contribution in [0.15, 0.2) is 73.0 Å². The fraction of sp³-hybridized carbons (Fsp3) is 0.472. The third-order valence-corrected chi connectivity index (χ3v) is 10.6. The highest BCUT2D eigenvalue weighted by Gasteiger charge is 2.30. The average molecular weight is 942 g/mol. The molecule has 2 fully saturated rings. The number of rotatable bonds is 13. The Morgan fingerprint density at radius 3 is 2.07 bits per heavy atom. The Hall–Kier alpha value is -6.52. The van der Waals surface area contributed by atoms with Crippen molar-refractivity contribution < 1.29 is 37.6 Å². The van der Waals surface area contributed by atoms with Crippen LogP contribution in [0.5, 0.6) is 11.5 Å². The molecule has 2 aromatic carbocycles. The number of nitrogens with one attached hydrogen (secondary N) is 3. The number of alkyl carbamates (subject to hydrolysis) is 1. The number of carbonyl (C=O) groups excluding carboxylic acids is 4. The Morgan fingerprint density at radius 1 is 0.940 bits per heavy atom. The molecule has 14 heteroatoms. The van der Waals surface area contributed by atoms with E-state index in [2.05, 4.69) is 87.0 Å². The normalized spacial score (nSPS) is 14.9. The van der Waals surface area contributed by atoms with E-state index in [1.807, 2.05) is 68.4 Å². The average Bonchev–Trinajstić information content (AvgIpc) is 3.81. The van der Waals surface area contributed by atoms with E-state index < -0.39 is 34.6 Å². The van der Waals surface area contributed by atoms with Crippen LogP contribution in [-0.4, -0.2) is 88.2 Å². The lowest BCUT2D eigenvalue weighted by molar-refractivity contribution is -0.129. The fourth-order valence-corrected chi connectivity index (χ4v) is 7.56. The largest absolute Gasteiger partial charge is 0.497 e. The summed E-state index contributed by atoms with van der Waals surface area (Å²) < 4.78 is 31.6. The predicted octanol–water partition coefficient (Wildman–Crippen LogP) is 9.04. The lowest BCUT2D eigenvalue weighted by Crippen LogP contribution is -2.49. The van der Waals surface area contributed by atoms with Crippen molar-refractivity contribution in [2.75, 3.05) is 26.7 Å². The summed E-state index contributed by atoms with van der Waals surface area (Å²) in [6.07, 6.45) is 31.0. The van der Waals surface area contributed by atoms with Gasteiger partial charge in [0, 0.05) is 42.0 Å². The number of hydrogen-bond acceptors (Lipinski definition) is 9. The second-order valence-corrected chi connectivity index (χ2v) is 17.7. The Bertz CT molecular complexity index is 2030. The number of nitrogens with zero attached hydrogens (tertiary/aromatic N) is 2. The van der Waals surface area contributed by atoms with Crippen molar-refractivity contribution in [3.63, 3.8) is 0 Å². The molecule has 3 unspecified atom stereocenters. The lowest BCUT2D eigenvalue weighted by atomic mass is 10.0. The molecule has 1 saturated carbocycles. The van der Waals surface area contributed by atoms with Crippen molar-refractivity contribution in [1.82, 2.24) is 25.2 Å². The van der Waals surface area contributed by atoms with E-state index in [9.17, 15) is 23.4 Å². The highest BCUT2D eigenvalue weighted by atomic mass is 32.2. The third kappa shape index (κ3) is 24.5. The Kier molecular flexibility index (Phi) is 33.3. The number of hydrogen-bond donors (Lipinski definition) is 3. The molecule has 3 aromatic rings. The second kappa shape index (κ2) is 35.7. The molecule has 1 aromatic heterocycles. The van der Waals surface area contributed by atoms with Gasteiger partial charge < -0.3 is 29.7 Å². The molecule has 2 aliphatic rings. The zero-order valence-corrected chi connectivity index (χ0v) is 42.2. The van der Waals surface area contributed by atoms with Gasteiger partial charge in [0.2, 0.25) is 12.3 Å². The number of likely N-dealkylation sites (tertiary alicyclic amines) is 1. The summed E-state index contributed by atoms with van der Waals surface area (Å²) in [5, 5.41) is 5.88. The molecule has 0 radical (unpaired) electrons. The van der Waals surface area contributed by atoms with E-state index in [1.54, 1.807) is 45.8 Å². The predicted molar refractivity (Wildman–Crippen MR) is 274 cm³/mol. The maximum Gasteiger partial charge on any atom is 0.408 e. The summed E-state index contributed by atoms with van der Waals surface area (Å²) >= 11 is 0. The first kappa shape index (κ1) is 62.6. The van der Waals surface area contributed by atoms with E-state index in [1.165, 1.54) is 0 Å². The highest BCUT2D eigenvalue weighted by molar-refractivity contribution is 7.84. The van der Waals surface area contributed by atoms with Crippen LogP contribution in [-0.2, 0) is 30.1 Å². The van der Waals surface area contributed by atoms with Crippen LogP contribution < -0.4 is 24.8 Å². The van der Waals surface area contributed by atoms with Crippen LogP contribution in [0, 0.1) is 50.4 Å². The Morgan fingerprint density at radius 2 is 1.54 bits per heavy atom. The van der Waals surface area contributed by atoms with Gasteiger partial charge in [-0.1, -0.05) is 97.7 Å². The van der Waals surface area contributed by atoms with Crippen LogP contribution in [0.4, 0.5) is 4.79 Å². The molecule has 0 spiro atoms. The van der Waals surface area contributed by atoms with Gasteiger partial charge in [-0.2, -0.15) is 0 Å². The molecule has 0 bridgehead atoms. The molecule has 5 rings (SSSR count). The third-order valence-electron chi connectivity index (χ3n) is 9.12. The Labute approximate surface area is 404 Å².